The molecular weight excluding hydrogens is 305 g/mol. The molecule has 0 bridgehead atoms. The molecule has 2 aromatic carbocycles. The van der Waals surface area contributed by atoms with E-state index in [0.29, 0.717) is 18.5 Å². The number of carbonyl (C=O) groups is 1. The van der Waals surface area contributed by atoms with Crippen molar-refractivity contribution in [1.82, 2.24) is 0 Å². The summed E-state index contributed by atoms with van der Waals surface area (Å²) in [5, 5.41) is 2.85. The van der Waals surface area contributed by atoms with Crippen LogP contribution in [-0.4, -0.2) is 19.2 Å². The molecule has 1 N–H and O–H groups in total. The van der Waals surface area contributed by atoms with Crippen molar-refractivity contribution >= 4 is 11.6 Å². The molecule has 2 aromatic rings. The number of rotatable bonds is 4. The third-order valence-corrected chi connectivity index (χ3v) is 4.97. The zero-order valence-corrected chi connectivity index (χ0v) is 14.0. The smallest absolute Gasteiger partial charge is 0.233 e. The van der Waals surface area contributed by atoms with Crippen molar-refractivity contribution in [2.75, 3.05) is 12.4 Å². The Kier molecular flexibility index (Phi) is 4.56. The average molecular weight is 327 g/mol. The van der Waals surface area contributed by atoms with E-state index in [2.05, 4.69) is 5.32 Å². The van der Waals surface area contributed by atoms with Crippen molar-refractivity contribution in [3.8, 4) is 5.75 Å². The van der Waals surface area contributed by atoms with Crippen LogP contribution >= 0.6 is 0 Å². The fourth-order valence-electron chi connectivity index (χ4n) is 3.41. The molecule has 4 heteroatoms. The Bertz CT molecular complexity index is 719. The number of anilines is 1. The predicted octanol–water partition coefficient (Wildman–Crippen LogP) is 4.56. The van der Waals surface area contributed by atoms with Gasteiger partial charge in [0.25, 0.3) is 0 Å². The summed E-state index contributed by atoms with van der Waals surface area (Å²) < 4.78 is 20.0. The lowest BCUT2D eigenvalue weighted by Gasteiger charge is -2.25. The molecule has 0 aliphatic heterocycles. The zero-order valence-electron chi connectivity index (χ0n) is 14.0. The Balaban J connectivity index is 1.77. The number of methoxy groups -OCH3 is 1. The van der Waals surface area contributed by atoms with Gasteiger partial charge in [-0.25, -0.2) is 4.39 Å². The van der Waals surface area contributed by atoms with Crippen molar-refractivity contribution in [2.45, 2.75) is 31.9 Å². The highest BCUT2D eigenvalue weighted by molar-refractivity contribution is 5.95. The van der Waals surface area contributed by atoms with E-state index in [1.165, 1.54) is 0 Å². The largest absolute Gasteiger partial charge is 0.497 e. The number of nitrogens with one attached hydrogen (secondary N) is 1. The molecule has 3 nitrogen and oxygen atoms in total. The summed E-state index contributed by atoms with van der Waals surface area (Å²) >= 11 is 0. The SMILES string of the molecule is COc1cccc([C@@H]2C[C@H](F)[C@](C)(C(=O)Nc3ccccc3)C2)c1. The number of hydrogen-bond acceptors (Lipinski definition) is 2. The van der Waals surface area contributed by atoms with E-state index in [9.17, 15) is 9.18 Å². The molecule has 0 spiro atoms. The Morgan fingerprint density at radius 2 is 1.96 bits per heavy atom. The first-order valence-electron chi connectivity index (χ1n) is 8.17. The molecule has 1 amide bonds. The van der Waals surface area contributed by atoms with Gasteiger partial charge in [-0.1, -0.05) is 30.3 Å². The molecule has 24 heavy (non-hydrogen) atoms. The minimum absolute atomic E-state index is 0.0154. The van der Waals surface area contributed by atoms with Crippen LogP contribution in [0.3, 0.4) is 0 Å². The number of benzene rings is 2. The van der Waals surface area contributed by atoms with Crippen LogP contribution in [0.15, 0.2) is 54.6 Å². The van der Waals surface area contributed by atoms with Crippen LogP contribution in [0, 0.1) is 5.41 Å². The summed E-state index contributed by atoms with van der Waals surface area (Å²) in [6.07, 6.45) is -0.330. The summed E-state index contributed by atoms with van der Waals surface area (Å²) in [6.45, 7) is 1.72. The minimum Gasteiger partial charge on any atom is -0.497 e. The normalized spacial score (nSPS) is 26.1. The lowest BCUT2D eigenvalue weighted by atomic mass is 9.84. The molecule has 3 rings (SSSR count). The number of hydrogen-bond donors (Lipinski definition) is 1. The predicted molar refractivity (Wildman–Crippen MR) is 93.0 cm³/mol. The topological polar surface area (TPSA) is 38.3 Å². The van der Waals surface area contributed by atoms with Crippen molar-refractivity contribution in [1.29, 1.82) is 0 Å². The van der Waals surface area contributed by atoms with Gasteiger partial charge in [0, 0.05) is 5.69 Å². The van der Waals surface area contributed by atoms with Crippen LogP contribution < -0.4 is 10.1 Å². The first-order valence-corrected chi connectivity index (χ1v) is 8.17. The Hall–Kier alpha value is -2.36. The van der Waals surface area contributed by atoms with Crippen LogP contribution in [0.2, 0.25) is 0 Å². The highest BCUT2D eigenvalue weighted by Gasteiger charge is 2.50. The first kappa shape index (κ1) is 16.5. The lowest BCUT2D eigenvalue weighted by molar-refractivity contribution is -0.127. The summed E-state index contributed by atoms with van der Waals surface area (Å²) in [6, 6.07) is 16.9. The second kappa shape index (κ2) is 6.63. The van der Waals surface area contributed by atoms with E-state index in [0.717, 1.165) is 11.3 Å². The minimum atomic E-state index is -1.17. The van der Waals surface area contributed by atoms with Crippen molar-refractivity contribution in [2.24, 2.45) is 5.41 Å². The number of amides is 1. The van der Waals surface area contributed by atoms with Crippen molar-refractivity contribution in [3.05, 3.63) is 60.2 Å². The van der Waals surface area contributed by atoms with Crippen LogP contribution in [0.4, 0.5) is 10.1 Å². The number of carbonyl (C=O) groups excluding carboxylic acids is 1. The number of para-hydroxylation sites is 1. The van der Waals surface area contributed by atoms with Crippen LogP contribution in [0.25, 0.3) is 0 Å². The summed E-state index contributed by atoms with van der Waals surface area (Å²) in [7, 11) is 1.61. The maximum atomic E-state index is 14.8. The molecule has 126 valence electrons. The maximum Gasteiger partial charge on any atom is 0.233 e. The molecular formula is C20H22FNO2. The highest BCUT2D eigenvalue weighted by atomic mass is 19.1. The number of alkyl halides is 1. The van der Waals surface area contributed by atoms with Gasteiger partial charge in [-0.05, 0) is 55.5 Å². The van der Waals surface area contributed by atoms with Gasteiger partial charge >= 0.3 is 0 Å². The third kappa shape index (κ3) is 3.14. The van der Waals surface area contributed by atoms with E-state index in [4.69, 9.17) is 4.74 Å². The molecule has 0 aromatic heterocycles. The monoisotopic (exact) mass is 327 g/mol. The highest BCUT2D eigenvalue weighted by Crippen LogP contribution is 2.49. The summed E-state index contributed by atoms with van der Waals surface area (Å²) in [5.74, 6) is 0.512. The first-order chi connectivity index (χ1) is 11.5. The second-order valence-electron chi connectivity index (χ2n) is 6.62. The molecule has 1 aliphatic rings. The van der Waals surface area contributed by atoms with E-state index in [1.54, 1.807) is 14.0 Å². The Labute approximate surface area is 141 Å². The third-order valence-electron chi connectivity index (χ3n) is 4.97. The van der Waals surface area contributed by atoms with Crippen LogP contribution in [-0.2, 0) is 4.79 Å². The molecule has 1 aliphatic carbocycles. The van der Waals surface area contributed by atoms with Gasteiger partial charge in [0.1, 0.15) is 11.9 Å². The fourth-order valence-corrected chi connectivity index (χ4v) is 3.41. The van der Waals surface area contributed by atoms with Gasteiger partial charge < -0.3 is 10.1 Å². The number of ether oxygens (including phenoxy) is 1. The maximum absolute atomic E-state index is 14.8. The van der Waals surface area contributed by atoms with E-state index in [1.807, 2.05) is 54.6 Å². The average Bonchev–Trinajstić information content (AvgIpc) is 2.92. The van der Waals surface area contributed by atoms with Gasteiger partial charge in [0.05, 0.1) is 12.5 Å². The van der Waals surface area contributed by atoms with E-state index in [-0.39, 0.29) is 11.8 Å². The second-order valence-corrected chi connectivity index (χ2v) is 6.62. The van der Waals surface area contributed by atoms with Crippen LogP contribution in [0.1, 0.15) is 31.2 Å². The molecule has 0 radical (unpaired) electrons. The molecule has 3 atom stereocenters. The van der Waals surface area contributed by atoms with Gasteiger partial charge in [-0.15, -0.1) is 0 Å². The standard InChI is InChI=1S/C20H22FNO2/c1-20(19(23)22-16-8-4-3-5-9-16)13-15(12-18(20)21)14-7-6-10-17(11-14)24-2/h3-11,15,18H,12-13H2,1-2H3,(H,22,23)/t15-,18+,20-/m1/s1. The van der Waals surface area contributed by atoms with Crippen molar-refractivity contribution in [3.63, 3.8) is 0 Å². The van der Waals surface area contributed by atoms with Crippen molar-refractivity contribution < 1.29 is 13.9 Å². The zero-order chi connectivity index (χ0) is 17.2. The molecule has 0 heterocycles. The lowest BCUT2D eigenvalue weighted by Crippen LogP contribution is -2.37. The van der Waals surface area contributed by atoms with Gasteiger partial charge in [0.15, 0.2) is 0 Å². The van der Waals surface area contributed by atoms with Gasteiger partial charge in [-0.3, -0.25) is 4.79 Å². The van der Waals surface area contributed by atoms with Gasteiger partial charge in [0.2, 0.25) is 5.91 Å². The van der Waals surface area contributed by atoms with E-state index >= 15 is 0 Å². The Morgan fingerprint density at radius 3 is 2.67 bits per heavy atom. The Morgan fingerprint density at radius 1 is 1.21 bits per heavy atom. The number of halogens is 1. The quantitative estimate of drug-likeness (QED) is 0.894. The molecule has 0 unspecified atom stereocenters. The summed E-state index contributed by atoms with van der Waals surface area (Å²) in [5.41, 5.74) is 0.692. The molecule has 1 saturated carbocycles. The summed E-state index contributed by atoms with van der Waals surface area (Å²) in [4.78, 5) is 12.7. The molecule has 1 fully saturated rings. The van der Waals surface area contributed by atoms with Crippen LogP contribution in [0.5, 0.6) is 5.75 Å². The molecule has 0 saturated heterocycles. The fraction of sp³-hybridized carbons (Fsp3) is 0.350. The van der Waals surface area contributed by atoms with E-state index < -0.39 is 11.6 Å². The van der Waals surface area contributed by atoms with Gasteiger partial charge in [-0.2, -0.15) is 0 Å².